The second-order valence-corrected chi connectivity index (χ2v) is 7.58. The Balaban J connectivity index is 1.49. The number of urea groups is 1. The van der Waals surface area contributed by atoms with Crippen molar-refractivity contribution in [2.24, 2.45) is 5.92 Å². The maximum atomic E-state index is 12.3. The van der Waals surface area contributed by atoms with Crippen LogP contribution in [0.2, 0.25) is 0 Å². The molecule has 0 atom stereocenters. The number of carboxylic acid groups (broad SMARTS) is 1. The Hall–Kier alpha value is -2.24. The van der Waals surface area contributed by atoms with Crippen LogP contribution in [-0.4, -0.2) is 36.8 Å². The van der Waals surface area contributed by atoms with Crippen LogP contribution in [0.5, 0.6) is 5.75 Å². The van der Waals surface area contributed by atoms with Crippen molar-refractivity contribution < 1.29 is 19.4 Å². The first-order chi connectivity index (χ1) is 12.5. The highest BCUT2D eigenvalue weighted by molar-refractivity contribution is 5.74. The topological polar surface area (TPSA) is 87.7 Å². The second kappa shape index (κ2) is 7.98. The zero-order valence-electron chi connectivity index (χ0n) is 15.3. The normalized spacial score (nSPS) is 24.2. The number of carboxylic acids is 1. The van der Waals surface area contributed by atoms with Crippen LogP contribution in [0.1, 0.15) is 50.5 Å². The van der Waals surface area contributed by atoms with E-state index in [9.17, 15) is 9.59 Å². The molecular formula is C20H28N2O4. The SMILES string of the molecule is COc1ccc(C2(CNC(=O)NC3CCC(C(=O)O)CC3)CCC2)cc1. The highest BCUT2D eigenvalue weighted by atomic mass is 16.5. The van der Waals surface area contributed by atoms with Gasteiger partial charge in [-0.05, 0) is 56.2 Å². The lowest BCUT2D eigenvalue weighted by molar-refractivity contribution is -0.142. The summed E-state index contributed by atoms with van der Waals surface area (Å²) in [5.74, 6) is -0.144. The van der Waals surface area contributed by atoms with Gasteiger partial charge in [0.05, 0.1) is 13.0 Å². The summed E-state index contributed by atoms with van der Waals surface area (Å²) >= 11 is 0. The van der Waals surface area contributed by atoms with Gasteiger partial charge >= 0.3 is 12.0 Å². The van der Waals surface area contributed by atoms with Gasteiger partial charge in [0.1, 0.15) is 5.75 Å². The molecule has 0 aromatic heterocycles. The molecule has 2 aliphatic rings. The standard InChI is InChI=1S/C20H28N2O4/c1-26-17-9-5-15(6-10-17)20(11-2-12-20)13-21-19(25)22-16-7-3-14(4-8-16)18(23)24/h5-6,9-10,14,16H,2-4,7-8,11-13H2,1H3,(H,23,24)(H2,21,22,25). The minimum absolute atomic E-state index is 0.0184. The third-order valence-corrected chi connectivity index (χ3v) is 6.01. The molecule has 0 heterocycles. The van der Waals surface area contributed by atoms with Gasteiger partial charge in [-0.3, -0.25) is 4.79 Å². The van der Waals surface area contributed by atoms with Gasteiger partial charge < -0.3 is 20.5 Å². The van der Waals surface area contributed by atoms with Crippen LogP contribution in [0.15, 0.2) is 24.3 Å². The molecule has 6 heteroatoms. The number of ether oxygens (including phenoxy) is 1. The average Bonchev–Trinajstić information content (AvgIpc) is 2.62. The van der Waals surface area contributed by atoms with E-state index in [1.165, 1.54) is 12.0 Å². The molecule has 3 rings (SSSR count). The van der Waals surface area contributed by atoms with Crippen molar-refractivity contribution in [2.45, 2.75) is 56.4 Å². The third-order valence-electron chi connectivity index (χ3n) is 6.01. The summed E-state index contributed by atoms with van der Waals surface area (Å²) in [6.45, 7) is 0.621. The van der Waals surface area contributed by atoms with Gasteiger partial charge in [-0.1, -0.05) is 18.6 Å². The number of methoxy groups -OCH3 is 1. The first kappa shape index (κ1) is 18.5. The van der Waals surface area contributed by atoms with Crippen LogP contribution in [0.3, 0.4) is 0 Å². The molecule has 2 aliphatic carbocycles. The van der Waals surface area contributed by atoms with Gasteiger partial charge in [0, 0.05) is 18.0 Å². The number of benzene rings is 1. The van der Waals surface area contributed by atoms with E-state index in [4.69, 9.17) is 9.84 Å². The number of carbonyl (C=O) groups excluding carboxylic acids is 1. The van der Waals surface area contributed by atoms with E-state index >= 15 is 0 Å². The minimum atomic E-state index is -0.723. The summed E-state index contributed by atoms with van der Waals surface area (Å²) < 4.78 is 5.22. The molecule has 2 amide bonds. The number of hydrogen-bond acceptors (Lipinski definition) is 3. The van der Waals surface area contributed by atoms with Gasteiger partial charge in [-0.25, -0.2) is 4.79 Å². The molecule has 0 aliphatic heterocycles. The lowest BCUT2D eigenvalue weighted by atomic mass is 9.64. The Bertz CT molecular complexity index is 632. The fourth-order valence-electron chi connectivity index (χ4n) is 4.09. The Labute approximate surface area is 154 Å². The molecule has 6 nitrogen and oxygen atoms in total. The summed E-state index contributed by atoms with van der Waals surface area (Å²) in [5, 5.41) is 15.1. The van der Waals surface area contributed by atoms with Crippen LogP contribution in [0.4, 0.5) is 4.79 Å². The zero-order chi connectivity index (χ0) is 18.6. The molecule has 142 valence electrons. The van der Waals surface area contributed by atoms with Crippen LogP contribution in [-0.2, 0) is 10.2 Å². The molecule has 2 fully saturated rings. The highest BCUT2D eigenvalue weighted by Gasteiger charge is 2.39. The van der Waals surface area contributed by atoms with E-state index in [-0.39, 0.29) is 23.4 Å². The molecule has 0 radical (unpaired) electrons. The predicted octanol–water partition coefficient (Wildman–Crippen LogP) is 3.06. The Kier molecular flexibility index (Phi) is 5.69. The molecule has 0 spiro atoms. The van der Waals surface area contributed by atoms with E-state index in [2.05, 4.69) is 22.8 Å². The number of carbonyl (C=O) groups is 2. The molecular weight excluding hydrogens is 332 g/mol. The number of rotatable bonds is 6. The van der Waals surface area contributed by atoms with Crippen molar-refractivity contribution in [3.05, 3.63) is 29.8 Å². The third kappa shape index (κ3) is 4.11. The van der Waals surface area contributed by atoms with Crippen molar-refractivity contribution in [1.29, 1.82) is 0 Å². The summed E-state index contributed by atoms with van der Waals surface area (Å²) in [6, 6.07) is 8.04. The first-order valence-electron chi connectivity index (χ1n) is 9.44. The summed E-state index contributed by atoms with van der Waals surface area (Å²) in [6.07, 6.45) is 6.05. The number of aliphatic carboxylic acids is 1. The van der Waals surface area contributed by atoms with Gasteiger partial charge in [0.15, 0.2) is 0 Å². The van der Waals surface area contributed by atoms with Gasteiger partial charge in [-0.2, -0.15) is 0 Å². The highest BCUT2D eigenvalue weighted by Crippen LogP contribution is 2.43. The van der Waals surface area contributed by atoms with Gasteiger partial charge in [0.25, 0.3) is 0 Å². The van der Waals surface area contributed by atoms with E-state index in [1.54, 1.807) is 7.11 Å². The van der Waals surface area contributed by atoms with E-state index in [0.29, 0.717) is 19.4 Å². The smallest absolute Gasteiger partial charge is 0.315 e. The van der Waals surface area contributed by atoms with Crippen molar-refractivity contribution in [3.63, 3.8) is 0 Å². The van der Waals surface area contributed by atoms with Crippen LogP contribution in [0.25, 0.3) is 0 Å². The fourth-order valence-corrected chi connectivity index (χ4v) is 4.09. The molecule has 26 heavy (non-hydrogen) atoms. The molecule has 3 N–H and O–H groups in total. The van der Waals surface area contributed by atoms with Gasteiger partial charge in [0.2, 0.25) is 0 Å². The molecule has 0 unspecified atom stereocenters. The first-order valence-corrected chi connectivity index (χ1v) is 9.44. The fraction of sp³-hybridized carbons (Fsp3) is 0.600. The monoisotopic (exact) mass is 360 g/mol. The van der Waals surface area contributed by atoms with Crippen LogP contribution >= 0.6 is 0 Å². The second-order valence-electron chi connectivity index (χ2n) is 7.58. The Morgan fingerprint density at radius 3 is 2.31 bits per heavy atom. The predicted molar refractivity (Wildman–Crippen MR) is 98.4 cm³/mol. The Morgan fingerprint density at radius 2 is 1.81 bits per heavy atom. The minimum Gasteiger partial charge on any atom is -0.497 e. The van der Waals surface area contributed by atoms with Crippen molar-refractivity contribution in [2.75, 3.05) is 13.7 Å². The molecule has 0 bridgehead atoms. The van der Waals surface area contributed by atoms with Gasteiger partial charge in [-0.15, -0.1) is 0 Å². The lowest BCUT2D eigenvalue weighted by Crippen LogP contribution is -2.50. The van der Waals surface area contributed by atoms with Crippen LogP contribution < -0.4 is 15.4 Å². The van der Waals surface area contributed by atoms with E-state index in [0.717, 1.165) is 31.4 Å². The largest absolute Gasteiger partial charge is 0.497 e. The maximum Gasteiger partial charge on any atom is 0.315 e. The van der Waals surface area contributed by atoms with Crippen molar-refractivity contribution in [1.82, 2.24) is 10.6 Å². The molecule has 0 saturated heterocycles. The summed E-state index contributed by atoms with van der Waals surface area (Å²) in [7, 11) is 1.66. The van der Waals surface area contributed by atoms with Crippen molar-refractivity contribution in [3.8, 4) is 5.75 Å². The molecule has 1 aromatic carbocycles. The quantitative estimate of drug-likeness (QED) is 0.727. The lowest BCUT2D eigenvalue weighted by Gasteiger charge is -2.42. The number of hydrogen-bond donors (Lipinski definition) is 3. The maximum absolute atomic E-state index is 12.3. The summed E-state index contributed by atoms with van der Waals surface area (Å²) in [5.41, 5.74) is 1.26. The molecule has 1 aromatic rings. The van der Waals surface area contributed by atoms with E-state index in [1.807, 2.05) is 12.1 Å². The average molecular weight is 360 g/mol. The summed E-state index contributed by atoms with van der Waals surface area (Å²) in [4.78, 5) is 23.3. The van der Waals surface area contributed by atoms with Crippen molar-refractivity contribution >= 4 is 12.0 Å². The number of amides is 2. The van der Waals surface area contributed by atoms with E-state index < -0.39 is 5.97 Å². The Morgan fingerprint density at radius 1 is 1.15 bits per heavy atom. The zero-order valence-corrected chi connectivity index (χ0v) is 15.3. The number of nitrogens with one attached hydrogen (secondary N) is 2. The molecule has 2 saturated carbocycles. The van der Waals surface area contributed by atoms with Crippen LogP contribution in [0, 0.1) is 5.92 Å².